The van der Waals surface area contributed by atoms with Gasteiger partial charge in [0.1, 0.15) is 0 Å². The predicted octanol–water partition coefficient (Wildman–Crippen LogP) is 1.90. The molecular weight excluding hydrogens is 142 g/mol. The summed E-state index contributed by atoms with van der Waals surface area (Å²) in [6.07, 6.45) is 0. The van der Waals surface area contributed by atoms with E-state index in [4.69, 9.17) is 0 Å². The van der Waals surface area contributed by atoms with Crippen LogP contribution < -0.4 is 0 Å². The van der Waals surface area contributed by atoms with Gasteiger partial charge in [0.25, 0.3) is 0 Å². The average molecular weight is 148 g/mol. The molecule has 0 bridgehead atoms. The van der Waals surface area contributed by atoms with Gasteiger partial charge in [-0.05, 0) is 0 Å². The van der Waals surface area contributed by atoms with Gasteiger partial charge in [-0.25, -0.2) is 0 Å². The van der Waals surface area contributed by atoms with E-state index in [9.17, 15) is 0 Å². The van der Waals surface area contributed by atoms with Crippen LogP contribution in [0.25, 0.3) is 0 Å². The summed E-state index contributed by atoms with van der Waals surface area (Å²) in [5, 5.41) is 0. The Balaban J connectivity index is -0.0000000225. The predicted molar refractivity (Wildman–Crippen MR) is 25.7 cm³/mol. The van der Waals surface area contributed by atoms with Crippen LogP contribution in [0.5, 0.6) is 0 Å². The normalized spacial score (nSPS) is 2.50. The first-order valence-corrected chi connectivity index (χ1v) is 2.29. The average Bonchev–Trinajstić information content (AvgIpc) is 1.81. The van der Waals surface area contributed by atoms with Gasteiger partial charge in [-0.3, -0.25) is 13.2 Å². The second-order valence-electron chi connectivity index (χ2n) is 0. The summed E-state index contributed by atoms with van der Waals surface area (Å²) in [6.45, 7) is 14.0. The molecule has 0 spiro atoms. The van der Waals surface area contributed by atoms with Crippen molar-refractivity contribution < 1.29 is 14.6 Å². The second-order valence-corrected chi connectivity index (χ2v) is 0. The quantitative estimate of drug-likeness (QED) is 0.363. The first-order valence-electron chi connectivity index (χ1n) is 0.936. The Kier molecular flexibility index (Phi) is 3740. The third kappa shape index (κ3) is 654. The fraction of sp³-hybridized carbons (Fsp3) is 0. The van der Waals surface area contributed by atoms with Crippen molar-refractivity contribution in [1.29, 1.82) is 0 Å². The summed E-state index contributed by atoms with van der Waals surface area (Å²) in [4.78, 5) is 0. The van der Waals surface area contributed by atoms with Crippen molar-refractivity contribution in [1.82, 2.24) is 0 Å². The van der Waals surface area contributed by atoms with Crippen molar-refractivity contribution in [3.05, 3.63) is 26.3 Å². The third-order valence-electron chi connectivity index (χ3n) is 0. The van der Waals surface area contributed by atoms with Gasteiger partial charge in [-0.15, -0.1) is 0 Å². The maximum absolute atomic E-state index is 4.26. The van der Waals surface area contributed by atoms with E-state index in [2.05, 4.69) is 51.1 Å². The maximum atomic E-state index is 4.26. The summed E-state index contributed by atoms with van der Waals surface area (Å²) >= 11 is 3.35. The molecule has 0 nitrogen and oxygen atoms in total. The molecule has 0 aromatic heterocycles. The summed E-state index contributed by atoms with van der Waals surface area (Å²) in [5.41, 5.74) is 0. The summed E-state index contributed by atoms with van der Waals surface area (Å²) in [7, 11) is 4.26. The van der Waals surface area contributed by atoms with Crippen LogP contribution in [0.2, 0.25) is 0 Å². The number of hydrogen-bond donors (Lipinski definition) is 0. The van der Waals surface area contributed by atoms with Gasteiger partial charge in [-0.1, -0.05) is 0 Å². The zero-order valence-electron chi connectivity index (χ0n) is 3.26. The first kappa shape index (κ1) is 16.3. The minimum absolute atomic E-state index is 2.75. The molecule has 41 valence electrons. The van der Waals surface area contributed by atoms with Gasteiger partial charge in [0.05, 0.1) is 0 Å². The molecule has 0 saturated carbocycles. The first-order chi connectivity index (χ1) is 3.00. The third-order valence-corrected chi connectivity index (χ3v) is 0. The van der Waals surface area contributed by atoms with Crippen molar-refractivity contribution >= 4 is 10.2 Å². The van der Waals surface area contributed by atoms with Crippen molar-refractivity contribution in [3.8, 4) is 0 Å². The topological polar surface area (TPSA) is 0 Å². The van der Waals surface area contributed by atoms with Crippen LogP contribution in [0.1, 0.15) is 0 Å². The van der Waals surface area contributed by atoms with Crippen LogP contribution in [0.4, 0.5) is 0 Å². The van der Waals surface area contributed by atoms with Gasteiger partial charge in [0.2, 0.25) is 0 Å². The van der Waals surface area contributed by atoms with E-state index >= 15 is 0 Å². The fourth-order valence-corrected chi connectivity index (χ4v) is 0. The van der Waals surface area contributed by atoms with E-state index in [1.165, 1.54) is 0 Å². The standard InChI is InChI=1S/2C2H3.ClH.Ni/c2*1-2;;/h2*1H,2H2;1H;/q2*-1;;+1/p-1. The van der Waals surface area contributed by atoms with Gasteiger partial charge in [0.15, 0.2) is 0 Å². The minimum atomic E-state index is 2.75. The molecule has 0 aliphatic rings. The van der Waals surface area contributed by atoms with Crippen LogP contribution >= 0.6 is 10.2 Å². The van der Waals surface area contributed by atoms with Crippen molar-refractivity contribution in [2.45, 2.75) is 0 Å². The Labute approximate surface area is 51.5 Å². The molecule has 0 fully saturated rings. The van der Waals surface area contributed by atoms with Crippen LogP contribution in [0.15, 0.2) is 13.2 Å². The van der Waals surface area contributed by atoms with E-state index in [1.807, 2.05) is 0 Å². The Morgan fingerprint density at radius 3 is 1.00 bits per heavy atom. The van der Waals surface area contributed by atoms with Crippen molar-refractivity contribution in [3.63, 3.8) is 0 Å². The van der Waals surface area contributed by atoms with Gasteiger partial charge in [-0.2, -0.15) is 0 Å². The summed E-state index contributed by atoms with van der Waals surface area (Å²) < 4.78 is 0. The number of rotatable bonds is 0. The van der Waals surface area contributed by atoms with E-state index in [0.717, 1.165) is 0 Å². The van der Waals surface area contributed by atoms with Gasteiger partial charge < -0.3 is 13.2 Å². The van der Waals surface area contributed by atoms with Crippen molar-refractivity contribution in [2.75, 3.05) is 0 Å². The summed E-state index contributed by atoms with van der Waals surface area (Å²) in [5.74, 6) is 0. The molecule has 0 radical (unpaired) electrons. The van der Waals surface area contributed by atoms with Crippen LogP contribution in [-0.4, -0.2) is 0 Å². The molecule has 0 amide bonds. The van der Waals surface area contributed by atoms with Gasteiger partial charge in [0, 0.05) is 0 Å². The van der Waals surface area contributed by atoms with E-state index < -0.39 is 0 Å². The molecular formula is C4H6ClNi-2. The molecule has 0 aliphatic carbocycles. The molecule has 0 rings (SSSR count). The molecule has 0 heterocycles. The molecule has 6 heavy (non-hydrogen) atoms. The molecule has 0 saturated heterocycles. The molecule has 0 unspecified atom stereocenters. The van der Waals surface area contributed by atoms with Crippen LogP contribution in [-0.2, 0) is 14.6 Å². The Morgan fingerprint density at radius 1 is 1.00 bits per heavy atom. The van der Waals surface area contributed by atoms with E-state index in [0.29, 0.717) is 0 Å². The molecule has 2 heteroatoms. The van der Waals surface area contributed by atoms with Crippen LogP contribution in [0, 0.1) is 13.2 Å². The van der Waals surface area contributed by atoms with E-state index in [-0.39, 0.29) is 0 Å². The Morgan fingerprint density at radius 2 is 1.00 bits per heavy atom. The molecule has 0 N–H and O–H groups in total. The number of hydrogen-bond acceptors (Lipinski definition) is 0. The Bertz CT molecular complexity index is 9.51. The second kappa shape index (κ2) is 1380. The molecule has 0 atom stereocenters. The van der Waals surface area contributed by atoms with Crippen molar-refractivity contribution in [2.24, 2.45) is 0 Å². The Hall–Kier alpha value is 0.264. The fourth-order valence-electron chi connectivity index (χ4n) is 0. The zero-order valence-corrected chi connectivity index (χ0v) is 5.01. The zero-order chi connectivity index (χ0) is 6.00. The van der Waals surface area contributed by atoms with Crippen LogP contribution in [0.3, 0.4) is 0 Å². The molecule has 0 aromatic carbocycles. The SMILES string of the molecule is [CH-]=C.[CH-]=C.[Cl][Ni]. The molecule has 0 aliphatic heterocycles. The summed E-state index contributed by atoms with van der Waals surface area (Å²) in [6, 6.07) is 0. The van der Waals surface area contributed by atoms with Gasteiger partial charge >= 0.3 is 24.8 Å². The monoisotopic (exact) mass is 147 g/mol. The number of halogens is 1. The van der Waals surface area contributed by atoms with E-state index in [1.54, 1.807) is 0 Å². The molecule has 0 aromatic rings.